The summed E-state index contributed by atoms with van der Waals surface area (Å²) in [6.45, 7) is 78.9. The lowest BCUT2D eigenvalue weighted by molar-refractivity contribution is -1.16. The third-order valence-electron chi connectivity index (χ3n) is 27.2. The molecule has 0 N–H and O–H groups in total. The van der Waals surface area contributed by atoms with Crippen LogP contribution in [0, 0.1) is 5.92 Å². The summed E-state index contributed by atoms with van der Waals surface area (Å²) in [6, 6.07) is 2.87. The third-order valence-corrected chi connectivity index (χ3v) is 27.2. The monoisotopic (exact) mass is 1260 g/mol. The van der Waals surface area contributed by atoms with Crippen molar-refractivity contribution < 1.29 is 31.4 Å². The van der Waals surface area contributed by atoms with Crippen molar-refractivity contribution in [2.75, 3.05) is 225 Å². The molecule has 12 rings (SSSR count). The highest BCUT2D eigenvalue weighted by Crippen LogP contribution is 2.49. The van der Waals surface area contributed by atoms with Crippen LogP contribution in [0.1, 0.15) is 220 Å². The Balaban J connectivity index is 0.000000153. The summed E-state index contributed by atoms with van der Waals surface area (Å²) in [5.74, 6) is 0.929. The van der Waals surface area contributed by atoms with E-state index >= 15 is 0 Å². The average Bonchev–Trinajstić information content (AvgIpc) is 1.52. The van der Waals surface area contributed by atoms with Crippen molar-refractivity contribution in [3.8, 4) is 0 Å². The van der Waals surface area contributed by atoms with E-state index in [1.165, 1.54) is 329 Å². The second-order valence-corrected chi connectivity index (χ2v) is 35.7. The van der Waals surface area contributed by atoms with Crippen LogP contribution in [-0.2, 0) is 0 Å². The molecule has 522 valence electrons. The van der Waals surface area contributed by atoms with Gasteiger partial charge in [0.25, 0.3) is 0 Å². The van der Waals surface area contributed by atoms with Crippen LogP contribution in [0.25, 0.3) is 0 Å². The molecule has 0 aromatic rings. The van der Waals surface area contributed by atoms with Crippen LogP contribution in [0.15, 0.2) is 0 Å². The van der Waals surface area contributed by atoms with Crippen LogP contribution in [0.2, 0.25) is 0 Å². The number of nitrogens with zero attached hydrogens (tertiary/aromatic N) is 14. The first kappa shape index (κ1) is 75.8. The van der Waals surface area contributed by atoms with Gasteiger partial charge in [0, 0.05) is 173 Å². The quantitative estimate of drug-likeness (QED) is 0.212. The first-order valence-electron chi connectivity index (χ1n) is 39.1. The molecule has 0 amide bonds. The zero-order valence-corrected chi connectivity index (χ0v) is 63.9. The van der Waals surface area contributed by atoms with E-state index in [9.17, 15) is 0 Å². The molecule has 0 aromatic carbocycles. The number of likely N-dealkylation sites (N-methyl/N-ethyl adjacent to an activating group) is 4. The Morgan fingerprint density at radius 3 is 1.25 bits per heavy atom. The van der Waals surface area contributed by atoms with E-state index in [-0.39, 0.29) is 5.91 Å². The van der Waals surface area contributed by atoms with E-state index in [0.717, 1.165) is 27.0 Å². The van der Waals surface area contributed by atoms with E-state index < -0.39 is 0 Å². The Hall–Kier alpha value is -0.560. The lowest BCUT2D eigenvalue weighted by Gasteiger charge is -2.55. The molecular weight excluding hydrogens is 1100 g/mol. The van der Waals surface area contributed by atoms with Gasteiger partial charge in [-0.2, -0.15) is 9.80 Å². The summed E-state index contributed by atoms with van der Waals surface area (Å²) in [6.07, 6.45) is 24.3. The number of quaternary nitrogens is 7. The van der Waals surface area contributed by atoms with Gasteiger partial charge in [0.15, 0.2) is 0 Å². The molecule has 0 aromatic heterocycles. The average molecular weight is 1260 g/mol. The zero-order valence-electron chi connectivity index (χ0n) is 63.9. The first-order chi connectivity index (χ1) is 42.0. The van der Waals surface area contributed by atoms with Gasteiger partial charge in [0.2, 0.25) is 0 Å². The Kier molecular flexibility index (Phi) is 27.4. The molecule has 0 radical (unpaired) electrons. The Bertz CT molecular complexity index is 2050. The minimum Gasteiger partial charge on any atom is -0.311 e. The van der Waals surface area contributed by atoms with Gasteiger partial charge in [-0.3, -0.25) is 24.5 Å². The van der Waals surface area contributed by atoms with E-state index in [4.69, 9.17) is 0 Å². The minimum absolute atomic E-state index is 0.0995. The largest absolute Gasteiger partial charge is 0.356 e. The smallest absolute Gasteiger partial charge is 0.311 e. The van der Waals surface area contributed by atoms with Crippen LogP contribution in [0.4, 0.5) is 0 Å². The fourth-order valence-electron chi connectivity index (χ4n) is 20.8. The number of rotatable bonds is 9. The maximum absolute atomic E-state index is 2.74. The van der Waals surface area contributed by atoms with Gasteiger partial charge in [-0.25, -0.2) is 8.97 Å². The molecule has 12 fully saturated rings. The summed E-state index contributed by atoms with van der Waals surface area (Å²) < 4.78 is 9.33. The molecule has 6 atom stereocenters. The topological polar surface area (TPSA) is 22.7 Å². The third kappa shape index (κ3) is 18.0. The van der Waals surface area contributed by atoms with E-state index in [1.807, 2.05) is 0 Å². The molecular formula is C75H159N14+7. The SMILES string of the molecule is CC(C)(C)N1CCC[N+]2(CCCC2)C1.CC(C)CN1CCC[N+]2(CCCC2)C1.CC(C)N1CCC[N+]2(CCCC2)C1.CCC(C)(C)N1CCC[N+]2(CCCC2)C1.CCC(C)N1CCC[N+]2(CCCC2)C1.CC[N@+]1(C)CC(C)N(C)C12N(C)CC(C)[N@@+]2(C)CC. The van der Waals surface area contributed by atoms with Crippen LogP contribution in [0.3, 0.4) is 0 Å². The summed E-state index contributed by atoms with van der Waals surface area (Å²) >= 11 is 0. The maximum atomic E-state index is 2.74. The van der Waals surface area contributed by atoms with Crippen molar-refractivity contribution in [2.45, 2.75) is 261 Å². The van der Waals surface area contributed by atoms with Crippen molar-refractivity contribution >= 4 is 0 Å². The van der Waals surface area contributed by atoms with Crippen molar-refractivity contribution in [1.82, 2.24) is 34.3 Å². The first-order valence-corrected chi connectivity index (χ1v) is 39.1. The van der Waals surface area contributed by atoms with Gasteiger partial charge in [-0.05, 0) is 102 Å². The van der Waals surface area contributed by atoms with Crippen LogP contribution in [-0.4, -0.2) is 332 Å². The van der Waals surface area contributed by atoms with Crippen molar-refractivity contribution in [3.05, 3.63) is 0 Å². The predicted molar refractivity (Wildman–Crippen MR) is 381 cm³/mol. The maximum Gasteiger partial charge on any atom is 0.356 e. The lowest BCUT2D eigenvalue weighted by atomic mass is 9.98. The van der Waals surface area contributed by atoms with E-state index in [2.05, 4.69) is 173 Å². The minimum atomic E-state index is 0.0995. The summed E-state index contributed by atoms with van der Waals surface area (Å²) in [5.41, 5.74) is 0.780. The van der Waals surface area contributed by atoms with E-state index in [1.54, 1.807) is 0 Å². The summed E-state index contributed by atoms with van der Waals surface area (Å²) in [4.78, 5) is 18.8. The molecule has 89 heavy (non-hydrogen) atoms. The van der Waals surface area contributed by atoms with Crippen LogP contribution < -0.4 is 0 Å². The summed E-state index contributed by atoms with van der Waals surface area (Å²) in [5, 5.41) is 0. The second-order valence-electron chi connectivity index (χ2n) is 35.7. The second kappa shape index (κ2) is 32.2. The van der Waals surface area contributed by atoms with Crippen molar-refractivity contribution in [3.63, 3.8) is 0 Å². The van der Waals surface area contributed by atoms with Gasteiger partial charge in [0.05, 0.1) is 138 Å². The van der Waals surface area contributed by atoms with Gasteiger partial charge < -0.3 is 22.4 Å². The van der Waals surface area contributed by atoms with Gasteiger partial charge >= 0.3 is 5.91 Å². The normalized spacial score (nSPS) is 33.5. The molecule has 0 aliphatic carbocycles. The standard InChI is InChI=1S/C15H34N4.C13H27N2.3C12H25N2.C11H23N2/c1-9-18(7)12-13(3)17(6)15(18)16(5)11-14(4)19(15,8)10-2;1-4-13(2,3)14-8-7-11-15(12-14)9-5-6-10-15;1-12(2,3)13-7-6-10-14(11-13)8-4-5-9-14;1-12(2)10-13-6-5-9-14(11-13)7-3-4-8-14;1-3-12(2)13-7-6-10-14(11-13)8-4-5-9-14;1-11(2)12-6-5-9-13(10-12)7-3-4-8-13/h13-14H,9-12H2,1-8H3;4-12H2,1-3H3;4-11H2,1-3H3;2*12H,3-11H2,1-2H3;11H,3-10H2,1-2H3/q+2;5*+1/t13?,14?,15?,18-,19-;;;;;/m1...../s1. The van der Waals surface area contributed by atoms with Crippen molar-refractivity contribution in [1.29, 1.82) is 0 Å². The molecule has 14 heteroatoms. The molecule has 0 bridgehead atoms. The highest BCUT2D eigenvalue weighted by molar-refractivity contribution is 4.89. The molecule has 12 saturated heterocycles. The zero-order chi connectivity index (χ0) is 65.2. The Morgan fingerprint density at radius 1 is 0.461 bits per heavy atom. The molecule has 12 aliphatic heterocycles. The summed E-state index contributed by atoms with van der Waals surface area (Å²) in [7, 11) is 9.59. The molecule has 0 saturated carbocycles. The van der Waals surface area contributed by atoms with Gasteiger partial charge in [0.1, 0.15) is 45.9 Å². The molecule has 12 aliphatic rings. The highest BCUT2D eigenvalue weighted by Gasteiger charge is 2.76. The Labute approximate surface area is 555 Å². The lowest BCUT2D eigenvalue weighted by Crippen LogP contribution is -2.81. The number of hydrogen-bond acceptors (Lipinski definition) is 7. The highest BCUT2D eigenvalue weighted by atomic mass is 15.9. The van der Waals surface area contributed by atoms with Gasteiger partial charge in [-0.15, -0.1) is 0 Å². The fraction of sp³-hybridized carbons (Fsp3) is 1.00. The molecule has 14 nitrogen and oxygen atoms in total. The van der Waals surface area contributed by atoms with Crippen LogP contribution >= 0.6 is 0 Å². The molecule has 12 heterocycles. The Morgan fingerprint density at radius 2 is 0.843 bits per heavy atom. The predicted octanol–water partition coefficient (Wildman–Crippen LogP) is 11.3. The number of hydrogen-bond donors (Lipinski definition) is 0. The van der Waals surface area contributed by atoms with Crippen LogP contribution in [0.5, 0.6) is 0 Å². The van der Waals surface area contributed by atoms with Gasteiger partial charge in [-0.1, -0.05) is 27.7 Å². The van der Waals surface area contributed by atoms with E-state index in [0.29, 0.717) is 23.2 Å². The molecule has 4 unspecified atom stereocenters. The van der Waals surface area contributed by atoms with Crippen molar-refractivity contribution in [2.24, 2.45) is 5.92 Å². The fourth-order valence-corrected chi connectivity index (χ4v) is 20.8. The molecule has 6 spiro atoms.